The molecule has 0 unspecified atom stereocenters. The van der Waals surface area contributed by atoms with E-state index in [-0.39, 0.29) is 12.5 Å². The Morgan fingerprint density at radius 3 is 3.00 bits per heavy atom. The van der Waals surface area contributed by atoms with Crippen LogP contribution < -0.4 is 0 Å². The Labute approximate surface area is 110 Å². The number of esters is 1. The zero-order valence-corrected chi connectivity index (χ0v) is 10.4. The van der Waals surface area contributed by atoms with Crippen molar-refractivity contribution < 1.29 is 14.3 Å². The first-order valence-electron chi connectivity index (χ1n) is 5.83. The van der Waals surface area contributed by atoms with Gasteiger partial charge in [-0.2, -0.15) is 5.10 Å². The lowest BCUT2D eigenvalue weighted by Crippen LogP contribution is -2.13. The van der Waals surface area contributed by atoms with Gasteiger partial charge in [0.05, 0.1) is 12.2 Å². The van der Waals surface area contributed by atoms with E-state index in [1.165, 1.54) is 10.9 Å². The highest BCUT2D eigenvalue weighted by atomic mass is 16.5. The van der Waals surface area contributed by atoms with Gasteiger partial charge in [0, 0.05) is 24.2 Å². The summed E-state index contributed by atoms with van der Waals surface area (Å²) in [5.41, 5.74) is 1.65. The van der Waals surface area contributed by atoms with Crippen molar-refractivity contribution in [3.63, 3.8) is 0 Å². The fourth-order valence-electron chi connectivity index (χ4n) is 1.67. The summed E-state index contributed by atoms with van der Waals surface area (Å²) in [5, 5.41) is 4.22. The second kappa shape index (κ2) is 5.90. The highest BCUT2D eigenvalue weighted by Gasteiger charge is 2.12. The maximum Gasteiger partial charge on any atom is 0.327 e. The summed E-state index contributed by atoms with van der Waals surface area (Å²) >= 11 is 0. The van der Waals surface area contributed by atoms with E-state index in [4.69, 9.17) is 4.74 Å². The molecule has 0 atom stereocenters. The number of aldehydes is 1. The molecule has 0 aliphatic rings. The maximum absolute atomic E-state index is 11.4. The van der Waals surface area contributed by atoms with E-state index in [0.717, 1.165) is 5.56 Å². The molecule has 0 spiro atoms. The van der Waals surface area contributed by atoms with Crippen LogP contribution in [0.15, 0.2) is 30.7 Å². The van der Waals surface area contributed by atoms with Crippen LogP contribution in [0.25, 0.3) is 11.3 Å². The largest absolute Gasteiger partial charge is 0.465 e. The Bertz CT molecular complexity index is 578. The Morgan fingerprint density at radius 2 is 2.37 bits per heavy atom. The van der Waals surface area contributed by atoms with Gasteiger partial charge >= 0.3 is 5.97 Å². The van der Waals surface area contributed by atoms with Gasteiger partial charge in [0.2, 0.25) is 0 Å². The molecule has 0 aromatic carbocycles. The van der Waals surface area contributed by atoms with Crippen LogP contribution in [-0.2, 0) is 16.1 Å². The minimum atomic E-state index is -0.389. The molecule has 2 rings (SSSR count). The molecule has 0 saturated carbocycles. The Kier molecular flexibility index (Phi) is 4.02. The molecule has 0 fully saturated rings. The molecule has 0 radical (unpaired) electrons. The molecule has 0 amide bonds. The third kappa shape index (κ3) is 3.04. The van der Waals surface area contributed by atoms with Crippen LogP contribution in [0.3, 0.4) is 0 Å². The van der Waals surface area contributed by atoms with Crippen LogP contribution in [0.5, 0.6) is 0 Å². The fraction of sp³-hybridized carbons (Fsp3) is 0.231. The van der Waals surface area contributed by atoms with Gasteiger partial charge in [-0.25, -0.2) is 0 Å². The number of ether oxygens (including phenoxy) is 1. The molecule has 0 aliphatic heterocycles. The smallest absolute Gasteiger partial charge is 0.327 e. The minimum absolute atomic E-state index is 0.0189. The first-order valence-corrected chi connectivity index (χ1v) is 5.83. The molecule has 6 heteroatoms. The van der Waals surface area contributed by atoms with Gasteiger partial charge in [-0.1, -0.05) is 0 Å². The molecule has 98 valence electrons. The zero-order valence-electron chi connectivity index (χ0n) is 10.4. The molecule has 6 nitrogen and oxygen atoms in total. The summed E-state index contributed by atoms with van der Waals surface area (Å²) in [7, 11) is 0. The van der Waals surface area contributed by atoms with Crippen molar-refractivity contribution in [1.82, 2.24) is 14.8 Å². The number of rotatable bonds is 5. The number of hydrogen-bond donors (Lipinski definition) is 0. The molecule has 2 heterocycles. The average Bonchev–Trinajstić information content (AvgIpc) is 2.83. The summed E-state index contributed by atoms with van der Waals surface area (Å²) < 4.78 is 6.23. The Balaban J connectivity index is 2.28. The van der Waals surface area contributed by atoms with Crippen molar-refractivity contribution in [1.29, 1.82) is 0 Å². The van der Waals surface area contributed by atoms with Gasteiger partial charge in [-0.3, -0.25) is 19.3 Å². The predicted molar refractivity (Wildman–Crippen MR) is 67.5 cm³/mol. The molecule has 2 aromatic rings. The third-order valence-corrected chi connectivity index (χ3v) is 2.45. The van der Waals surface area contributed by atoms with Crippen molar-refractivity contribution >= 4 is 12.3 Å². The van der Waals surface area contributed by atoms with Gasteiger partial charge in [-0.15, -0.1) is 0 Å². The van der Waals surface area contributed by atoms with Gasteiger partial charge in [0.1, 0.15) is 12.2 Å². The van der Waals surface area contributed by atoms with E-state index in [0.29, 0.717) is 24.2 Å². The molecule has 0 N–H and O–H groups in total. The fourth-order valence-corrected chi connectivity index (χ4v) is 1.67. The third-order valence-electron chi connectivity index (χ3n) is 2.45. The second-order valence-corrected chi connectivity index (χ2v) is 3.80. The van der Waals surface area contributed by atoms with Gasteiger partial charge in [-0.05, 0) is 19.1 Å². The normalized spacial score (nSPS) is 10.2. The van der Waals surface area contributed by atoms with Crippen molar-refractivity contribution in [2.75, 3.05) is 6.61 Å². The van der Waals surface area contributed by atoms with E-state index < -0.39 is 0 Å². The number of aromatic nitrogens is 3. The first kappa shape index (κ1) is 12.9. The highest BCUT2D eigenvalue weighted by Crippen LogP contribution is 2.19. The SMILES string of the molecule is CCOC(=O)Cn1cc(C=O)c(-c2cccnc2)n1. The van der Waals surface area contributed by atoms with Crippen LogP contribution in [0.2, 0.25) is 0 Å². The standard InChI is InChI=1S/C13H13N3O3/c1-2-19-12(18)8-16-7-11(9-17)13(15-16)10-4-3-5-14-6-10/h3-7,9H,2,8H2,1H3. The van der Waals surface area contributed by atoms with Gasteiger partial charge in [0.15, 0.2) is 6.29 Å². The molecular formula is C13H13N3O3. The number of carbonyl (C=O) groups is 2. The summed E-state index contributed by atoms with van der Waals surface area (Å²) in [6.45, 7) is 2.03. The van der Waals surface area contributed by atoms with Crippen molar-refractivity contribution in [2.45, 2.75) is 13.5 Å². The highest BCUT2D eigenvalue weighted by molar-refractivity contribution is 5.85. The monoisotopic (exact) mass is 259 g/mol. The van der Waals surface area contributed by atoms with Crippen molar-refractivity contribution in [2.24, 2.45) is 0 Å². The lowest BCUT2D eigenvalue weighted by Gasteiger charge is -2.01. The number of carbonyl (C=O) groups excluding carboxylic acids is 2. The van der Waals surface area contributed by atoms with E-state index in [1.807, 2.05) is 0 Å². The maximum atomic E-state index is 11.4. The molecule has 0 bridgehead atoms. The Hall–Kier alpha value is -2.50. The molecule has 2 aromatic heterocycles. The summed E-state index contributed by atoms with van der Waals surface area (Å²) in [6, 6.07) is 3.56. The second-order valence-electron chi connectivity index (χ2n) is 3.80. The van der Waals surface area contributed by atoms with Gasteiger partial charge < -0.3 is 4.74 Å². The number of hydrogen-bond acceptors (Lipinski definition) is 5. The topological polar surface area (TPSA) is 74.1 Å². The average molecular weight is 259 g/mol. The van der Waals surface area contributed by atoms with Crippen molar-refractivity contribution in [3.05, 3.63) is 36.3 Å². The van der Waals surface area contributed by atoms with E-state index >= 15 is 0 Å². The number of nitrogens with zero attached hydrogens (tertiary/aromatic N) is 3. The summed E-state index contributed by atoms with van der Waals surface area (Å²) in [6.07, 6.45) is 5.48. The molecular weight excluding hydrogens is 246 g/mol. The first-order chi connectivity index (χ1) is 9.24. The van der Waals surface area contributed by atoms with E-state index in [9.17, 15) is 9.59 Å². The lowest BCUT2D eigenvalue weighted by atomic mass is 10.1. The number of pyridine rings is 1. The minimum Gasteiger partial charge on any atom is -0.465 e. The quantitative estimate of drug-likeness (QED) is 0.598. The van der Waals surface area contributed by atoms with E-state index in [2.05, 4.69) is 10.1 Å². The van der Waals surface area contributed by atoms with Crippen LogP contribution in [0.4, 0.5) is 0 Å². The van der Waals surface area contributed by atoms with Crippen LogP contribution >= 0.6 is 0 Å². The predicted octanol–water partition coefficient (Wildman–Crippen LogP) is 1.32. The molecule has 0 saturated heterocycles. The summed E-state index contributed by atoms with van der Waals surface area (Å²) in [4.78, 5) is 26.4. The van der Waals surface area contributed by atoms with Crippen LogP contribution in [0.1, 0.15) is 17.3 Å². The molecule has 19 heavy (non-hydrogen) atoms. The summed E-state index contributed by atoms with van der Waals surface area (Å²) in [5.74, 6) is -0.389. The van der Waals surface area contributed by atoms with E-state index in [1.54, 1.807) is 31.5 Å². The van der Waals surface area contributed by atoms with Gasteiger partial charge in [0.25, 0.3) is 0 Å². The Morgan fingerprint density at radius 1 is 1.53 bits per heavy atom. The lowest BCUT2D eigenvalue weighted by molar-refractivity contribution is -0.144. The van der Waals surface area contributed by atoms with Crippen molar-refractivity contribution in [3.8, 4) is 11.3 Å². The zero-order chi connectivity index (χ0) is 13.7. The van der Waals surface area contributed by atoms with Crippen LogP contribution in [-0.4, -0.2) is 33.6 Å². The van der Waals surface area contributed by atoms with Crippen LogP contribution in [0, 0.1) is 0 Å². The molecule has 0 aliphatic carbocycles.